The number of aromatic nitrogens is 1. The summed E-state index contributed by atoms with van der Waals surface area (Å²) in [5, 5.41) is 9.00. The molecule has 2 rings (SSSR count). The van der Waals surface area contributed by atoms with Crippen LogP contribution >= 0.6 is 0 Å². The van der Waals surface area contributed by atoms with Crippen LogP contribution in [0, 0.1) is 11.3 Å². The topological polar surface area (TPSA) is 45.9 Å². The van der Waals surface area contributed by atoms with Crippen LogP contribution in [0.3, 0.4) is 0 Å². The van der Waals surface area contributed by atoms with Gasteiger partial charge in [-0.3, -0.25) is 4.98 Å². The van der Waals surface area contributed by atoms with Gasteiger partial charge < -0.3 is 4.74 Å². The van der Waals surface area contributed by atoms with E-state index in [0.29, 0.717) is 5.56 Å². The van der Waals surface area contributed by atoms with E-state index in [-0.39, 0.29) is 0 Å². The molecule has 0 aliphatic carbocycles. The molecule has 0 spiro atoms. The van der Waals surface area contributed by atoms with Gasteiger partial charge in [-0.1, -0.05) is 12.1 Å². The summed E-state index contributed by atoms with van der Waals surface area (Å²) in [6.07, 6.45) is 3.30. The Bertz CT molecular complexity index is 544. The van der Waals surface area contributed by atoms with E-state index in [4.69, 9.17) is 10.00 Å². The van der Waals surface area contributed by atoms with Crippen molar-refractivity contribution in [2.75, 3.05) is 7.11 Å². The molecule has 0 amide bonds. The zero-order chi connectivity index (χ0) is 11.4. The van der Waals surface area contributed by atoms with Crippen molar-refractivity contribution in [3.05, 3.63) is 48.3 Å². The zero-order valence-electron chi connectivity index (χ0n) is 8.84. The van der Waals surface area contributed by atoms with Gasteiger partial charge in [0.15, 0.2) is 0 Å². The van der Waals surface area contributed by atoms with Gasteiger partial charge in [0, 0.05) is 18.0 Å². The molecule has 1 aromatic carbocycles. The highest BCUT2D eigenvalue weighted by molar-refractivity contribution is 5.70. The predicted molar refractivity (Wildman–Crippen MR) is 60.9 cm³/mol. The molecule has 1 aromatic heterocycles. The first-order valence-electron chi connectivity index (χ1n) is 4.83. The molecule has 0 bridgehead atoms. The average Bonchev–Trinajstić information content (AvgIpc) is 2.38. The fourth-order valence-corrected chi connectivity index (χ4v) is 1.51. The van der Waals surface area contributed by atoms with E-state index < -0.39 is 0 Å². The molecule has 1 heterocycles. The fourth-order valence-electron chi connectivity index (χ4n) is 1.51. The van der Waals surface area contributed by atoms with Crippen LogP contribution in [0.5, 0.6) is 5.75 Å². The monoisotopic (exact) mass is 210 g/mol. The molecule has 0 radical (unpaired) electrons. The number of ether oxygens (including phenoxy) is 1. The Morgan fingerprint density at radius 2 is 2.19 bits per heavy atom. The summed E-state index contributed by atoms with van der Waals surface area (Å²) < 4.78 is 5.15. The Morgan fingerprint density at radius 3 is 2.94 bits per heavy atom. The number of pyridine rings is 1. The molecule has 78 valence electrons. The van der Waals surface area contributed by atoms with Gasteiger partial charge in [0.2, 0.25) is 0 Å². The summed E-state index contributed by atoms with van der Waals surface area (Å²) in [5.74, 6) is 0.769. The zero-order valence-corrected chi connectivity index (χ0v) is 8.84. The summed E-state index contributed by atoms with van der Waals surface area (Å²) in [5.41, 5.74) is 2.37. The SMILES string of the molecule is COc1cccc(-c2cnccc2C#N)c1. The number of methoxy groups -OCH3 is 1. The van der Waals surface area contributed by atoms with Gasteiger partial charge in [-0.2, -0.15) is 5.26 Å². The lowest BCUT2D eigenvalue weighted by molar-refractivity contribution is 0.415. The first kappa shape index (κ1) is 10.2. The van der Waals surface area contributed by atoms with E-state index in [9.17, 15) is 0 Å². The second-order valence-electron chi connectivity index (χ2n) is 3.27. The van der Waals surface area contributed by atoms with Crippen molar-refractivity contribution in [1.82, 2.24) is 4.98 Å². The third-order valence-corrected chi connectivity index (χ3v) is 2.32. The van der Waals surface area contributed by atoms with Crippen LogP contribution in [-0.2, 0) is 0 Å². The summed E-state index contributed by atoms with van der Waals surface area (Å²) in [6, 6.07) is 11.4. The molecule has 16 heavy (non-hydrogen) atoms. The van der Waals surface area contributed by atoms with Crippen LogP contribution in [0.25, 0.3) is 11.1 Å². The van der Waals surface area contributed by atoms with Gasteiger partial charge in [-0.05, 0) is 23.8 Å². The first-order valence-corrected chi connectivity index (χ1v) is 4.83. The van der Waals surface area contributed by atoms with Crippen LogP contribution in [0.1, 0.15) is 5.56 Å². The van der Waals surface area contributed by atoms with Gasteiger partial charge in [-0.25, -0.2) is 0 Å². The highest BCUT2D eigenvalue weighted by Crippen LogP contribution is 2.25. The van der Waals surface area contributed by atoms with E-state index >= 15 is 0 Å². The molecule has 3 nitrogen and oxygen atoms in total. The van der Waals surface area contributed by atoms with Crippen molar-refractivity contribution in [2.45, 2.75) is 0 Å². The molecule has 0 aliphatic heterocycles. The van der Waals surface area contributed by atoms with Gasteiger partial charge in [0.1, 0.15) is 5.75 Å². The van der Waals surface area contributed by atoms with Crippen molar-refractivity contribution in [3.8, 4) is 22.9 Å². The van der Waals surface area contributed by atoms with E-state index in [2.05, 4.69) is 11.1 Å². The summed E-state index contributed by atoms with van der Waals surface area (Å²) >= 11 is 0. The van der Waals surface area contributed by atoms with Gasteiger partial charge in [0.05, 0.1) is 18.7 Å². The van der Waals surface area contributed by atoms with Crippen LogP contribution in [-0.4, -0.2) is 12.1 Å². The van der Waals surface area contributed by atoms with Crippen molar-refractivity contribution < 1.29 is 4.74 Å². The maximum atomic E-state index is 9.00. The van der Waals surface area contributed by atoms with E-state index in [1.807, 2.05) is 24.3 Å². The molecule has 0 fully saturated rings. The minimum atomic E-state index is 0.614. The number of hydrogen-bond acceptors (Lipinski definition) is 3. The maximum absolute atomic E-state index is 9.00. The molecule has 0 aliphatic rings. The lowest BCUT2D eigenvalue weighted by Crippen LogP contribution is -1.87. The molecule has 0 atom stereocenters. The van der Waals surface area contributed by atoms with Crippen LogP contribution < -0.4 is 4.74 Å². The standard InChI is InChI=1S/C13H10N2O/c1-16-12-4-2-3-10(7-12)13-9-15-6-5-11(13)8-14/h2-7,9H,1H3. The Kier molecular flexibility index (Phi) is 2.84. The minimum absolute atomic E-state index is 0.614. The quantitative estimate of drug-likeness (QED) is 0.765. The maximum Gasteiger partial charge on any atom is 0.119 e. The van der Waals surface area contributed by atoms with E-state index in [1.54, 1.807) is 25.6 Å². The summed E-state index contributed by atoms with van der Waals surface area (Å²) in [6.45, 7) is 0. The van der Waals surface area contributed by atoms with Gasteiger partial charge >= 0.3 is 0 Å². The smallest absolute Gasteiger partial charge is 0.119 e. The van der Waals surface area contributed by atoms with E-state index in [0.717, 1.165) is 16.9 Å². The van der Waals surface area contributed by atoms with E-state index in [1.165, 1.54) is 0 Å². The number of rotatable bonds is 2. The fraction of sp³-hybridized carbons (Fsp3) is 0.0769. The number of nitrogens with zero attached hydrogens (tertiary/aromatic N) is 2. The largest absolute Gasteiger partial charge is 0.497 e. The first-order chi connectivity index (χ1) is 7.85. The van der Waals surface area contributed by atoms with Crippen LogP contribution in [0.2, 0.25) is 0 Å². The summed E-state index contributed by atoms with van der Waals surface area (Å²) in [7, 11) is 1.62. The molecule has 0 unspecified atom stereocenters. The highest BCUT2D eigenvalue weighted by atomic mass is 16.5. The molecule has 0 N–H and O–H groups in total. The molecule has 0 saturated heterocycles. The molecule has 2 aromatic rings. The lowest BCUT2D eigenvalue weighted by atomic mass is 10.0. The molecule has 0 saturated carbocycles. The Hall–Kier alpha value is -2.34. The summed E-state index contributed by atoms with van der Waals surface area (Å²) in [4.78, 5) is 4.03. The number of nitriles is 1. The molecular weight excluding hydrogens is 200 g/mol. The number of benzene rings is 1. The Morgan fingerprint density at radius 1 is 1.31 bits per heavy atom. The van der Waals surface area contributed by atoms with Gasteiger partial charge in [0.25, 0.3) is 0 Å². The van der Waals surface area contributed by atoms with Crippen LogP contribution in [0.15, 0.2) is 42.7 Å². The third kappa shape index (κ3) is 1.86. The predicted octanol–water partition coefficient (Wildman–Crippen LogP) is 2.63. The van der Waals surface area contributed by atoms with Crippen molar-refractivity contribution in [3.63, 3.8) is 0 Å². The highest BCUT2D eigenvalue weighted by Gasteiger charge is 2.05. The van der Waals surface area contributed by atoms with Crippen LogP contribution in [0.4, 0.5) is 0 Å². The van der Waals surface area contributed by atoms with Gasteiger partial charge in [-0.15, -0.1) is 0 Å². The van der Waals surface area contributed by atoms with Crippen molar-refractivity contribution in [1.29, 1.82) is 5.26 Å². The minimum Gasteiger partial charge on any atom is -0.497 e. The second-order valence-corrected chi connectivity index (χ2v) is 3.27. The Balaban J connectivity index is 2.55. The number of hydrogen-bond donors (Lipinski definition) is 0. The average molecular weight is 210 g/mol. The van der Waals surface area contributed by atoms with Crippen molar-refractivity contribution >= 4 is 0 Å². The second kappa shape index (κ2) is 4.45. The third-order valence-electron chi connectivity index (χ3n) is 2.32. The molecule has 3 heteroatoms. The normalized spacial score (nSPS) is 9.50. The van der Waals surface area contributed by atoms with Crippen molar-refractivity contribution in [2.24, 2.45) is 0 Å². The lowest BCUT2D eigenvalue weighted by Gasteiger charge is -2.05. The Labute approximate surface area is 93.9 Å². The molecular formula is C13H10N2O.